The molecule has 1 aliphatic heterocycles. The predicted molar refractivity (Wildman–Crippen MR) is 33.7 cm³/mol. The monoisotopic (exact) mass is 113 g/mol. The van der Waals surface area contributed by atoms with Crippen molar-refractivity contribution < 1.29 is 0 Å². The number of hydrogen-bond acceptors (Lipinski definition) is 3. The second-order valence-electron chi connectivity index (χ2n) is 2.00. The minimum atomic E-state index is 0.126. The summed E-state index contributed by atoms with van der Waals surface area (Å²) in [4.78, 5) is 6.02. The molecular formula is C5H11N3. The summed E-state index contributed by atoms with van der Waals surface area (Å²) in [5.41, 5.74) is 5.53. The first kappa shape index (κ1) is 5.56. The molecule has 3 heteroatoms. The minimum Gasteiger partial charge on any atom is -0.346 e. The Labute approximate surface area is 49.2 Å². The van der Waals surface area contributed by atoms with Gasteiger partial charge in [0.05, 0.1) is 19.0 Å². The summed E-state index contributed by atoms with van der Waals surface area (Å²) in [6.45, 7) is 3.84. The van der Waals surface area contributed by atoms with Gasteiger partial charge in [0.2, 0.25) is 0 Å². The van der Waals surface area contributed by atoms with E-state index in [1.165, 1.54) is 0 Å². The van der Waals surface area contributed by atoms with E-state index in [-0.39, 0.29) is 6.17 Å². The highest BCUT2D eigenvalue weighted by atomic mass is 15.3. The van der Waals surface area contributed by atoms with Crippen LogP contribution in [0, 0.1) is 0 Å². The van der Waals surface area contributed by atoms with Crippen molar-refractivity contribution in [1.29, 1.82) is 0 Å². The first-order valence-electron chi connectivity index (χ1n) is 2.82. The van der Waals surface area contributed by atoms with Gasteiger partial charge in [-0.2, -0.15) is 0 Å². The van der Waals surface area contributed by atoms with Gasteiger partial charge in [0.1, 0.15) is 0 Å². The van der Waals surface area contributed by atoms with Gasteiger partial charge in [-0.15, -0.1) is 0 Å². The summed E-state index contributed by atoms with van der Waals surface area (Å²) in [5, 5.41) is 0. The summed E-state index contributed by atoms with van der Waals surface area (Å²) in [6, 6.07) is 0. The summed E-state index contributed by atoms with van der Waals surface area (Å²) in [5.74, 6) is 0. The second kappa shape index (κ2) is 2.13. The zero-order chi connectivity index (χ0) is 5.98. The fourth-order valence-corrected chi connectivity index (χ4v) is 0.702. The molecule has 0 aliphatic carbocycles. The number of nitrogens with two attached hydrogens (primary N) is 1. The maximum absolute atomic E-state index is 5.53. The molecule has 0 aromatic carbocycles. The van der Waals surface area contributed by atoms with Gasteiger partial charge >= 0.3 is 0 Å². The van der Waals surface area contributed by atoms with Gasteiger partial charge in [0.15, 0.2) is 0 Å². The van der Waals surface area contributed by atoms with E-state index in [0.717, 1.165) is 13.1 Å². The Morgan fingerprint density at radius 1 is 1.88 bits per heavy atom. The van der Waals surface area contributed by atoms with Gasteiger partial charge in [0, 0.05) is 6.54 Å². The van der Waals surface area contributed by atoms with Crippen LogP contribution in [-0.2, 0) is 0 Å². The molecule has 0 saturated heterocycles. The van der Waals surface area contributed by atoms with E-state index in [1.54, 1.807) is 0 Å². The number of hydrogen-bond donors (Lipinski definition) is 1. The van der Waals surface area contributed by atoms with Crippen molar-refractivity contribution in [2.75, 3.05) is 13.1 Å². The number of rotatable bonds is 1. The average molecular weight is 113 g/mol. The van der Waals surface area contributed by atoms with E-state index in [9.17, 15) is 0 Å². The molecule has 2 N–H and O–H groups in total. The van der Waals surface area contributed by atoms with Gasteiger partial charge in [0.25, 0.3) is 0 Å². The SMILES string of the molecule is CC(N)N1C=NCC1. The lowest BCUT2D eigenvalue weighted by molar-refractivity contribution is 0.375. The third kappa shape index (κ3) is 0.980. The van der Waals surface area contributed by atoms with Crippen LogP contribution < -0.4 is 5.73 Å². The Hall–Kier alpha value is -0.570. The quantitative estimate of drug-likeness (QED) is 0.504. The maximum atomic E-state index is 5.53. The molecule has 0 aromatic rings. The molecule has 0 amide bonds. The summed E-state index contributed by atoms with van der Waals surface area (Å²) >= 11 is 0. The van der Waals surface area contributed by atoms with Crippen LogP contribution in [0.3, 0.4) is 0 Å². The van der Waals surface area contributed by atoms with Crippen LogP contribution in [0.1, 0.15) is 6.92 Å². The topological polar surface area (TPSA) is 41.6 Å². The maximum Gasteiger partial charge on any atom is 0.0863 e. The zero-order valence-corrected chi connectivity index (χ0v) is 5.04. The van der Waals surface area contributed by atoms with E-state index in [4.69, 9.17) is 5.73 Å². The molecule has 0 aromatic heterocycles. The molecular weight excluding hydrogens is 102 g/mol. The van der Waals surface area contributed by atoms with Crippen molar-refractivity contribution in [3.8, 4) is 0 Å². The van der Waals surface area contributed by atoms with E-state index < -0.39 is 0 Å². The van der Waals surface area contributed by atoms with Crippen molar-refractivity contribution in [3.63, 3.8) is 0 Å². The predicted octanol–water partition coefficient (Wildman–Crippen LogP) is -0.365. The lowest BCUT2D eigenvalue weighted by Gasteiger charge is -2.17. The first-order valence-corrected chi connectivity index (χ1v) is 2.82. The Morgan fingerprint density at radius 3 is 2.88 bits per heavy atom. The second-order valence-corrected chi connectivity index (χ2v) is 2.00. The van der Waals surface area contributed by atoms with Crippen LogP contribution in [0.15, 0.2) is 4.99 Å². The lowest BCUT2D eigenvalue weighted by Crippen LogP contribution is -2.37. The third-order valence-corrected chi connectivity index (χ3v) is 1.24. The van der Waals surface area contributed by atoms with Crippen LogP contribution in [0.5, 0.6) is 0 Å². The van der Waals surface area contributed by atoms with Crippen LogP contribution in [0.2, 0.25) is 0 Å². The van der Waals surface area contributed by atoms with Crippen molar-refractivity contribution >= 4 is 6.34 Å². The van der Waals surface area contributed by atoms with Gasteiger partial charge < -0.3 is 10.6 Å². The Balaban J connectivity index is 2.36. The van der Waals surface area contributed by atoms with Crippen molar-refractivity contribution in [2.45, 2.75) is 13.1 Å². The normalized spacial score (nSPS) is 22.0. The van der Waals surface area contributed by atoms with Crippen LogP contribution in [0.25, 0.3) is 0 Å². The molecule has 1 aliphatic rings. The van der Waals surface area contributed by atoms with Crippen molar-refractivity contribution in [2.24, 2.45) is 10.7 Å². The van der Waals surface area contributed by atoms with E-state index >= 15 is 0 Å². The van der Waals surface area contributed by atoms with Crippen LogP contribution in [0.4, 0.5) is 0 Å². The van der Waals surface area contributed by atoms with Crippen molar-refractivity contribution in [1.82, 2.24) is 4.90 Å². The first-order chi connectivity index (χ1) is 3.80. The molecule has 3 nitrogen and oxygen atoms in total. The van der Waals surface area contributed by atoms with Crippen LogP contribution in [-0.4, -0.2) is 30.5 Å². The summed E-state index contributed by atoms with van der Waals surface area (Å²) < 4.78 is 0. The largest absolute Gasteiger partial charge is 0.346 e. The molecule has 1 atom stereocenters. The Bertz CT molecular complexity index is 97.8. The minimum absolute atomic E-state index is 0.126. The summed E-state index contributed by atoms with van der Waals surface area (Å²) in [6.07, 6.45) is 1.94. The molecule has 0 fully saturated rings. The fraction of sp³-hybridized carbons (Fsp3) is 0.800. The Morgan fingerprint density at radius 2 is 2.62 bits per heavy atom. The standard InChI is InChI=1S/C5H11N3/c1-5(6)8-3-2-7-4-8/h4-5H,2-3,6H2,1H3. The van der Waals surface area contributed by atoms with Crippen LogP contribution >= 0.6 is 0 Å². The number of nitrogens with zero attached hydrogens (tertiary/aromatic N) is 2. The number of aliphatic imine (C=N–C) groups is 1. The van der Waals surface area contributed by atoms with Gasteiger partial charge in [-0.1, -0.05) is 0 Å². The molecule has 0 saturated carbocycles. The average Bonchev–Trinajstić information content (AvgIpc) is 2.12. The Kier molecular flexibility index (Phi) is 1.48. The van der Waals surface area contributed by atoms with Gasteiger partial charge in [-0.05, 0) is 6.92 Å². The highest BCUT2D eigenvalue weighted by Gasteiger charge is 2.07. The third-order valence-electron chi connectivity index (χ3n) is 1.24. The molecule has 0 radical (unpaired) electrons. The molecule has 8 heavy (non-hydrogen) atoms. The highest BCUT2D eigenvalue weighted by Crippen LogP contribution is 1.94. The van der Waals surface area contributed by atoms with E-state index in [0.29, 0.717) is 0 Å². The molecule has 1 rings (SSSR count). The fourth-order valence-electron chi connectivity index (χ4n) is 0.702. The zero-order valence-electron chi connectivity index (χ0n) is 5.04. The molecule has 1 heterocycles. The highest BCUT2D eigenvalue weighted by molar-refractivity contribution is 5.57. The molecule has 1 unspecified atom stereocenters. The van der Waals surface area contributed by atoms with E-state index in [1.807, 2.05) is 18.2 Å². The van der Waals surface area contributed by atoms with Gasteiger partial charge in [-0.3, -0.25) is 4.99 Å². The van der Waals surface area contributed by atoms with Gasteiger partial charge in [-0.25, -0.2) is 0 Å². The van der Waals surface area contributed by atoms with E-state index in [2.05, 4.69) is 4.99 Å². The lowest BCUT2D eigenvalue weighted by atomic mass is 10.5. The molecule has 46 valence electrons. The van der Waals surface area contributed by atoms with Crippen molar-refractivity contribution in [3.05, 3.63) is 0 Å². The summed E-state index contributed by atoms with van der Waals surface area (Å²) in [7, 11) is 0. The molecule has 0 bridgehead atoms. The smallest absolute Gasteiger partial charge is 0.0863 e. The molecule has 0 spiro atoms.